The van der Waals surface area contributed by atoms with E-state index < -0.39 is 0 Å². The minimum Gasteiger partial charge on any atom is -0.497 e. The minimum atomic E-state index is 0.199. The molecule has 3 heterocycles. The Morgan fingerprint density at radius 1 is 1.04 bits per heavy atom. The average Bonchev–Trinajstić information content (AvgIpc) is 3.29. The molecule has 0 saturated heterocycles. The molecular formula is C17H13N3O4. The van der Waals surface area contributed by atoms with E-state index >= 15 is 0 Å². The lowest BCUT2D eigenvalue weighted by atomic mass is 10.2. The van der Waals surface area contributed by atoms with Gasteiger partial charge in [0.05, 0.1) is 13.3 Å². The number of oxazole rings is 2. The van der Waals surface area contributed by atoms with Gasteiger partial charge in [-0.25, -0.2) is 9.97 Å². The summed E-state index contributed by atoms with van der Waals surface area (Å²) in [6.45, 7) is 0.199. The van der Waals surface area contributed by atoms with Gasteiger partial charge in [-0.3, -0.25) is 0 Å². The first-order valence-corrected chi connectivity index (χ1v) is 7.25. The second-order valence-corrected chi connectivity index (χ2v) is 4.94. The van der Waals surface area contributed by atoms with Crippen molar-refractivity contribution in [2.45, 2.75) is 6.61 Å². The number of fused-ring (bicyclic) bond motifs is 1. The van der Waals surface area contributed by atoms with Gasteiger partial charge in [-0.1, -0.05) is 0 Å². The lowest BCUT2D eigenvalue weighted by Gasteiger charge is -2.00. The van der Waals surface area contributed by atoms with E-state index in [-0.39, 0.29) is 6.61 Å². The van der Waals surface area contributed by atoms with Gasteiger partial charge >= 0.3 is 0 Å². The Hall–Kier alpha value is -3.35. The van der Waals surface area contributed by atoms with Crippen LogP contribution < -0.4 is 9.47 Å². The summed E-state index contributed by atoms with van der Waals surface area (Å²) in [7, 11) is 1.62. The molecule has 4 aromatic rings. The first-order chi connectivity index (χ1) is 11.8. The number of ether oxygens (including phenoxy) is 2. The van der Waals surface area contributed by atoms with Crippen LogP contribution in [0.25, 0.3) is 22.7 Å². The Bertz CT molecular complexity index is 946. The lowest BCUT2D eigenvalue weighted by molar-refractivity contribution is 0.254. The van der Waals surface area contributed by atoms with Crippen LogP contribution in [0.1, 0.15) is 5.89 Å². The van der Waals surface area contributed by atoms with Crippen molar-refractivity contribution in [2.75, 3.05) is 7.11 Å². The summed E-state index contributed by atoms with van der Waals surface area (Å²) in [5.41, 5.74) is 1.91. The maximum Gasteiger partial charge on any atom is 0.250 e. The van der Waals surface area contributed by atoms with E-state index in [4.69, 9.17) is 18.3 Å². The minimum absolute atomic E-state index is 0.199. The van der Waals surface area contributed by atoms with Crippen LogP contribution in [0.3, 0.4) is 0 Å². The van der Waals surface area contributed by atoms with Gasteiger partial charge in [0.15, 0.2) is 6.61 Å². The van der Waals surface area contributed by atoms with E-state index in [1.165, 1.54) is 6.26 Å². The quantitative estimate of drug-likeness (QED) is 0.556. The molecule has 0 bridgehead atoms. The Morgan fingerprint density at radius 2 is 1.92 bits per heavy atom. The Balaban J connectivity index is 1.58. The van der Waals surface area contributed by atoms with Crippen molar-refractivity contribution < 1.29 is 18.3 Å². The summed E-state index contributed by atoms with van der Waals surface area (Å²) in [4.78, 5) is 12.7. The third-order valence-electron chi connectivity index (χ3n) is 3.39. The van der Waals surface area contributed by atoms with Crippen molar-refractivity contribution in [1.82, 2.24) is 15.0 Å². The molecule has 0 radical (unpaired) electrons. The van der Waals surface area contributed by atoms with Crippen LogP contribution in [-0.2, 0) is 6.61 Å². The van der Waals surface area contributed by atoms with Gasteiger partial charge in [0.2, 0.25) is 17.7 Å². The van der Waals surface area contributed by atoms with Crippen molar-refractivity contribution >= 4 is 11.2 Å². The molecule has 0 spiro atoms. The van der Waals surface area contributed by atoms with E-state index in [1.807, 2.05) is 24.3 Å². The first-order valence-electron chi connectivity index (χ1n) is 7.25. The monoisotopic (exact) mass is 323 g/mol. The molecule has 0 aliphatic rings. The van der Waals surface area contributed by atoms with Gasteiger partial charge in [0.25, 0.3) is 5.71 Å². The van der Waals surface area contributed by atoms with Crippen LogP contribution in [0, 0.1) is 0 Å². The maximum atomic E-state index is 5.72. The predicted molar refractivity (Wildman–Crippen MR) is 84.6 cm³/mol. The summed E-state index contributed by atoms with van der Waals surface area (Å²) < 4.78 is 21.5. The molecule has 3 aromatic heterocycles. The molecule has 0 aliphatic heterocycles. The van der Waals surface area contributed by atoms with Gasteiger partial charge in [-0.2, -0.15) is 4.98 Å². The lowest BCUT2D eigenvalue weighted by Crippen LogP contribution is -1.97. The second-order valence-electron chi connectivity index (χ2n) is 4.94. The maximum absolute atomic E-state index is 5.72. The average molecular weight is 323 g/mol. The van der Waals surface area contributed by atoms with Gasteiger partial charge in [-0.15, -0.1) is 0 Å². The summed E-state index contributed by atoms with van der Waals surface area (Å²) >= 11 is 0. The topological polar surface area (TPSA) is 83.4 Å². The molecule has 4 rings (SSSR count). The van der Waals surface area contributed by atoms with Crippen molar-refractivity contribution in [3.05, 3.63) is 54.7 Å². The van der Waals surface area contributed by atoms with E-state index in [9.17, 15) is 0 Å². The molecule has 0 N–H and O–H groups in total. The highest BCUT2D eigenvalue weighted by Crippen LogP contribution is 2.26. The highest BCUT2D eigenvalue weighted by atomic mass is 16.5. The zero-order valence-corrected chi connectivity index (χ0v) is 12.8. The predicted octanol–water partition coefficient (Wildman–Crippen LogP) is 3.47. The van der Waals surface area contributed by atoms with Crippen LogP contribution in [0.5, 0.6) is 11.6 Å². The number of benzene rings is 1. The fourth-order valence-electron chi connectivity index (χ4n) is 2.20. The molecule has 24 heavy (non-hydrogen) atoms. The van der Waals surface area contributed by atoms with Crippen molar-refractivity contribution in [3.63, 3.8) is 0 Å². The normalized spacial score (nSPS) is 10.9. The third-order valence-corrected chi connectivity index (χ3v) is 3.39. The fourth-order valence-corrected chi connectivity index (χ4v) is 2.20. The Morgan fingerprint density at radius 3 is 2.67 bits per heavy atom. The molecule has 1 aromatic carbocycles. The van der Waals surface area contributed by atoms with Crippen molar-refractivity contribution in [3.8, 4) is 23.1 Å². The van der Waals surface area contributed by atoms with Crippen LogP contribution in [0.2, 0.25) is 0 Å². The van der Waals surface area contributed by atoms with E-state index in [2.05, 4.69) is 15.0 Å². The van der Waals surface area contributed by atoms with Gasteiger partial charge < -0.3 is 18.3 Å². The van der Waals surface area contributed by atoms with Gasteiger partial charge in [0.1, 0.15) is 17.5 Å². The molecule has 0 atom stereocenters. The molecule has 0 fully saturated rings. The smallest absolute Gasteiger partial charge is 0.250 e. The highest BCUT2D eigenvalue weighted by molar-refractivity contribution is 5.73. The third kappa shape index (κ3) is 2.79. The molecule has 0 amide bonds. The molecule has 0 saturated carbocycles. The number of nitrogens with zero attached hydrogens (tertiary/aromatic N) is 3. The number of methoxy groups -OCH3 is 1. The molecule has 0 aliphatic carbocycles. The van der Waals surface area contributed by atoms with Crippen LogP contribution in [0.4, 0.5) is 0 Å². The molecule has 7 nitrogen and oxygen atoms in total. The number of hydrogen-bond acceptors (Lipinski definition) is 7. The summed E-state index contributed by atoms with van der Waals surface area (Å²) in [5, 5.41) is 0. The van der Waals surface area contributed by atoms with E-state index in [0.717, 1.165) is 11.3 Å². The zero-order valence-electron chi connectivity index (χ0n) is 12.8. The fraction of sp³-hybridized carbons (Fsp3) is 0.118. The summed E-state index contributed by atoms with van der Waals surface area (Å²) in [5.74, 6) is 2.16. The molecular weight excluding hydrogens is 310 g/mol. The standard InChI is InChI=1S/C17H13N3O4/c1-21-12-4-2-11(3-5-12)16-19-13-6-7-14(20-17(13)24-16)23-10-15-18-8-9-22-15/h2-9H,10H2,1H3. The highest BCUT2D eigenvalue weighted by Gasteiger charge is 2.11. The number of pyridine rings is 1. The Labute approximate surface area is 136 Å². The summed E-state index contributed by atoms with van der Waals surface area (Å²) in [6, 6.07) is 11.0. The van der Waals surface area contributed by atoms with Crippen molar-refractivity contribution in [1.29, 1.82) is 0 Å². The SMILES string of the molecule is COc1ccc(-c2nc3ccc(OCc4ncco4)nc3o2)cc1. The second kappa shape index (κ2) is 6.04. The molecule has 7 heteroatoms. The van der Waals surface area contributed by atoms with Gasteiger partial charge in [0, 0.05) is 11.6 Å². The van der Waals surface area contributed by atoms with Gasteiger partial charge in [-0.05, 0) is 30.3 Å². The van der Waals surface area contributed by atoms with Crippen LogP contribution >= 0.6 is 0 Å². The largest absolute Gasteiger partial charge is 0.497 e. The number of hydrogen-bond donors (Lipinski definition) is 0. The Kier molecular flexibility index (Phi) is 3.59. The zero-order chi connectivity index (χ0) is 16.4. The molecule has 0 unspecified atom stereocenters. The van der Waals surface area contributed by atoms with Crippen LogP contribution in [0.15, 0.2) is 57.7 Å². The van der Waals surface area contributed by atoms with Crippen LogP contribution in [-0.4, -0.2) is 22.1 Å². The van der Waals surface area contributed by atoms with Crippen molar-refractivity contribution in [2.24, 2.45) is 0 Å². The van der Waals surface area contributed by atoms with E-state index in [0.29, 0.717) is 28.9 Å². The number of aromatic nitrogens is 3. The number of rotatable bonds is 5. The summed E-state index contributed by atoms with van der Waals surface area (Å²) in [6.07, 6.45) is 3.06. The first kappa shape index (κ1) is 14.3. The molecule has 120 valence electrons. The van der Waals surface area contributed by atoms with E-state index in [1.54, 1.807) is 25.4 Å².